The van der Waals surface area contributed by atoms with Gasteiger partial charge in [0.25, 0.3) is 16.6 Å². The quantitative estimate of drug-likeness (QED) is 0.0621. The second kappa shape index (κ2) is 14.0. The molecule has 2 bridgehead atoms. The van der Waals surface area contributed by atoms with Crippen LogP contribution in [0.1, 0.15) is 38.7 Å². The molecule has 0 amide bonds. The molecule has 1 N–H and O–H groups in total. The number of carbonyl (C=O) groups is 1. The summed E-state index contributed by atoms with van der Waals surface area (Å²) < 4.78 is 80.5. The van der Waals surface area contributed by atoms with Crippen LogP contribution in [0.3, 0.4) is 0 Å². The van der Waals surface area contributed by atoms with E-state index in [1.165, 1.54) is 23.3 Å². The molecule has 10 nitrogen and oxygen atoms in total. The monoisotopic (exact) mass is 782 g/mol. The van der Waals surface area contributed by atoms with Crippen LogP contribution in [0, 0.1) is 11.8 Å². The molecular weight excluding hydrogens is 745 g/mol. The largest absolute Gasteiger partial charge is 0.744 e. The average molecular weight is 783 g/mol. The van der Waals surface area contributed by atoms with Gasteiger partial charge in [0.1, 0.15) is 28.2 Å². The number of hydrogen-bond donors (Lipinski definition) is 1. The van der Waals surface area contributed by atoms with Crippen LogP contribution in [0.15, 0.2) is 105 Å². The van der Waals surface area contributed by atoms with Crippen LogP contribution < -0.4 is 5.35 Å². The molecule has 1 aliphatic heterocycles. The minimum atomic E-state index is -4.68. The molecule has 2 atom stereocenters. The molecule has 0 saturated heterocycles. The number of fused-ring (bicyclic) bond motifs is 2. The van der Waals surface area contributed by atoms with Gasteiger partial charge >= 0.3 is 0 Å². The van der Waals surface area contributed by atoms with Crippen molar-refractivity contribution in [1.29, 1.82) is 0 Å². The van der Waals surface area contributed by atoms with E-state index >= 15 is 0 Å². The number of aryl methyl sites for hydroxylation is 1. The summed E-state index contributed by atoms with van der Waals surface area (Å²) in [5.74, 6) is 1.22. The normalized spacial score (nSPS) is 19.9. The topological polar surface area (TPSA) is 146 Å². The van der Waals surface area contributed by atoms with Crippen LogP contribution in [-0.4, -0.2) is 66.2 Å². The number of aromatic nitrogens is 1. The second-order valence-corrected chi connectivity index (χ2v) is 17.6. The Morgan fingerprint density at radius 3 is 2.35 bits per heavy atom. The highest BCUT2D eigenvalue weighted by atomic mass is 32.2. The Morgan fingerprint density at radius 2 is 1.63 bits per heavy atom. The summed E-state index contributed by atoms with van der Waals surface area (Å²) in [6.07, 6.45) is 11.6. The molecule has 1 aromatic heterocycles. The zero-order valence-corrected chi connectivity index (χ0v) is 32.1. The van der Waals surface area contributed by atoms with Crippen LogP contribution in [0.4, 0.5) is 5.69 Å². The lowest BCUT2D eigenvalue weighted by molar-refractivity contribution is -0.430. The van der Waals surface area contributed by atoms with E-state index in [4.69, 9.17) is 4.74 Å². The number of carbonyl (C=O) groups excluding carboxylic acids is 1. The number of allylic oxidation sites excluding steroid dienone is 5. The number of nitrogens with zero attached hydrogens (tertiary/aromatic N) is 2. The molecule has 278 valence electrons. The van der Waals surface area contributed by atoms with Crippen molar-refractivity contribution in [2.75, 3.05) is 18.9 Å². The third-order valence-corrected chi connectivity index (χ3v) is 14.0. The zero-order chi connectivity index (χ0) is 37.9. The van der Waals surface area contributed by atoms with Gasteiger partial charge in [-0.15, -0.1) is 11.8 Å². The van der Waals surface area contributed by atoms with Crippen LogP contribution >= 0.6 is 11.8 Å². The number of benzene rings is 4. The molecule has 0 spiro atoms. The van der Waals surface area contributed by atoms with Crippen molar-refractivity contribution >= 4 is 88.4 Å². The summed E-state index contributed by atoms with van der Waals surface area (Å²) in [6, 6.07) is 17.3. The third kappa shape index (κ3) is 6.02. The van der Waals surface area contributed by atoms with Gasteiger partial charge in [0.2, 0.25) is 11.4 Å². The van der Waals surface area contributed by atoms with Crippen molar-refractivity contribution in [1.82, 2.24) is 4.57 Å². The van der Waals surface area contributed by atoms with Crippen molar-refractivity contribution < 1.29 is 40.0 Å². The van der Waals surface area contributed by atoms with E-state index in [2.05, 4.69) is 33.4 Å². The minimum Gasteiger partial charge on any atom is -0.744 e. The van der Waals surface area contributed by atoms with Crippen molar-refractivity contribution in [3.63, 3.8) is 0 Å². The fourth-order valence-corrected chi connectivity index (χ4v) is 11.4. The SMILES string of the molecule is CCn1c(=CC=C2C(SCCOC=O)=C(C=CC3=[N+](CC)c4ccc(S(=O)(=O)O)c5cccc3c45)C3CCC2C3)c2cccc3c(S(=O)(=O)[O-])ccc1c32. The summed E-state index contributed by atoms with van der Waals surface area (Å²) >= 11 is 1.67. The van der Waals surface area contributed by atoms with Crippen molar-refractivity contribution in [3.8, 4) is 0 Å². The summed E-state index contributed by atoms with van der Waals surface area (Å²) in [7, 11) is -9.11. The summed E-state index contributed by atoms with van der Waals surface area (Å²) in [5.41, 5.74) is 5.97. The first-order valence-corrected chi connectivity index (χ1v) is 21.8. The van der Waals surface area contributed by atoms with Gasteiger partial charge in [-0.3, -0.25) is 9.35 Å². The van der Waals surface area contributed by atoms with Crippen molar-refractivity contribution in [3.05, 3.63) is 106 Å². The number of thioether (sulfide) groups is 1. The van der Waals surface area contributed by atoms with E-state index < -0.39 is 20.2 Å². The Morgan fingerprint density at radius 1 is 0.907 bits per heavy atom. The molecule has 0 radical (unpaired) electrons. The summed E-state index contributed by atoms with van der Waals surface area (Å²) in [4.78, 5) is 11.8. The molecule has 5 aromatic rings. The molecular formula is C41H38N2O8S3. The molecule has 4 aromatic carbocycles. The second-order valence-electron chi connectivity index (χ2n) is 13.7. The molecule has 2 unspecified atom stereocenters. The van der Waals surface area contributed by atoms with Crippen molar-refractivity contribution in [2.24, 2.45) is 11.8 Å². The van der Waals surface area contributed by atoms with Crippen molar-refractivity contribution in [2.45, 2.75) is 49.4 Å². The van der Waals surface area contributed by atoms with E-state index in [1.807, 2.05) is 32.0 Å². The van der Waals surface area contributed by atoms with Gasteiger partial charge < -0.3 is 13.9 Å². The maximum absolute atomic E-state index is 12.3. The van der Waals surface area contributed by atoms with Gasteiger partial charge in [0.05, 0.1) is 15.8 Å². The Labute approximate surface area is 317 Å². The van der Waals surface area contributed by atoms with E-state index in [0.717, 1.165) is 68.2 Å². The van der Waals surface area contributed by atoms with Gasteiger partial charge in [0.15, 0.2) is 0 Å². The van der Waals surface area contributed by atoms with Gasteiger partial charge in [-0.1, -0.05) is 42.5 Å². The summed E-state index contributed by atoms with van der Waals surface area (Å²) in [6.45, 7) is 6.10. The highest BCUT2D eigenvalue weighted by Gasteiger charge is 2.38. The highest BCUT2D eigenvalue weighted by molar-refractivity contribution is 8.03. The minimum absolute atomic E-state index is 0.115. The average Bonchev–Trinajstić information content (AvgIpc) is 3.81. The Kier molecular flexibility index (Phi) is 9.42. The number of hydrogen-bond acceptors (Lipinski definition) is 8. The molecule has 2 aliphatic carbocycles. The van der Waals surface area contributed by atoms with E-state index in [1.54, 1.807) is 42.1 Å². The summed E-state index contributed by atoms with van der Waals surface area (Å²) in [5, 5.41) is 4.22. The molecule has 3 aliphatic rings. The van der Waals surface area contributed by atoms with E-state index in [0.29, 0.717) is 47.9 Å². The van der Waals surface area contributed by atoms with Gasteiger partial charge in [-0.2, -0.15) is 13.0 Å². The predicted molar refractivity (Wildman–Crippen MR) is 211 cm³/mol. The lowest BCUT2D eigenvalue weighted by Gasteiger charge is -2.27. The molecule has 2 heterocycles. The number of rotatable bonds is 12. The van der Waals surface area contributed by atoms with Gasteiger partial charge in [0, 0.05) is 61.8 Å². The first-order chi connectivity index (χ1) is 26.0. The van der Waals surface area contributed by atoms with Gasteiger partial charge in [-0.05, 0) is 86.4 Å². The Bertz CT molecular complexity index is 2810. The van der Waals surface area contributed by atoms with Crippen LogP contribution in [0.25, 0.3) is 38.5 Å². The smallest absolute Gasteiger partial charge is 0.295 e. The third-order valence-electron chi connectivity index (χ3n) is 11.0. The fraction of sp³-hybridized carbons (Fsp3) is 0.268. The van der Waals surface area contributed by atoms with E-state index in [9.17, 15) is 30.7 Å². The Balaban J connectivity index is 1.29. The van der Waals surface area contributed by atoms with Crippen LogP contribution in [0.2, 0.25) is 0 Å². The zero-order valence-electron chi connectivity index (χ0n) is 29.7. The molecule has 8 rings (SSSR count). The van der Waals surface area contributed by atoms with Gasteiger partial charge in [-0.25, -0.2) is 8.42 Å². The molecule has 13 heteroatoms. The molecule has 1 fully saturated rings. The lowest BCUT2D eigenvalue weighted by Crippen LogP contribution is -2.16. The first kappa shape index (κ1) is 36.4. The van der Waals surface area contributed by atoms with E-state index in [-0.39, 0.29) is 16.4 Å². The highest BCUT2D eigenvalue weighted by Crippen LogP contribution is 2.52. The number of ether oxygens (including phenoxy) is 1. The maximum atomic E-state index is 12.3. The molecule has 54 heavy (non-hydrogen) atoms. The Hall–Kier alpha value is -4.53. The first-order valence-electron chi connectivity index (χ1n) is 18.0. The fourth-order valence-electron chi connectivity index (χ4n) is 8.89. The standard InChI is InChI=1S/C41H38N2O8S3/c1-3-42-33(29-7-5-9-31-37(53(45,46)47)19-17-35(42)39(29)31)15-13-27-25-11-12-26(23-25)28(41(27)52-22-21-51-24-44)14-16-34-30-8-6-10-32-38(54(48,49)50)20-18-36(40(30)32)43(34)4-2/h5-10,13-20,24-26H,3-4,11-12,21-23H2,1-2H3,(H-,45,46,47,48,49,50). The van der Waals surface area contributed by atoms with Crippen LogP contribution in [-0.2, 0) is 36.3 Å². The maximum Gasteiger partial charge on any atom is 0.295 e. The predicted octanol–water partition coefficient (Wildman–Crippen LogP) is 6.86. The lowest BCUT2D eigenvalue weighted by atomic mass is 9.84. The van der Waals surface area contributed by atoms with Crippen LogP contribution in [0.5, 0.6) is 0 Å². The molecule has 1 saturated carbocycles.